The van der Waals surface area contributed by atoms with E-state index in [4.69, 9.17) is 20.6 Å². The van der Waals surface area contributed by atoms with Gasteiger partial charge in [-0.05, 0) is 49.9 Å². The summed E-state index contributed by atoms with van der Waals surface area (Å²) in [6.45, 7) is 8.52. The third kappa shape index (κ3) is 6.99. The summed E-state index contributed by atoms with van der Waals surface area (Å²) in [5, 5.41) is 10.2. The zero-order valence-electron chi connectivity index (χ0n) is 16.9. The zero-order chi connectivity index (χ0) is 22.4. The summed E-state index contributed by atoms with van der Waals surface area (Å²) in [5.41, 5.74) is 7.29. The number of rotatable bonds is 5. The Labute approximate surface area is 177 Å². The van der Waals surface area contributed by atoms with Crippen LogP contribution in [0.4, 0.5) is 13.2 Å². The van der Waals surface area contributed by atoms with E-state index in [1.807, 2.05) is 6.07 Å². The van der Waals surface area contributed by atoms with E-state index in [0.29, 0.717) is 5.82 Å². The molecule has 3 rings (SSSR count). The van der Waals surface area contributed by atoms with Gasteiger partial charge in [-0.2, -0.15) is 13.2 Å². The topological polar surface area (TPSA) is 105 Å². The minimum atomic E-state index is -5.08. The van der Waals surface area contributed by atoms with Gasteiger partial charge < -0.3 is 10.8 Å². The number of hydrogen-bond donors (Lipinski definition) is 2. The molecule has 1 saturated heterocycles. The van der Waals surface area contributed by atoms with Gasteiger partial charge >= 0.3 is 12.1 Å². The number of carboxylic acid groups (broad SMARTS) is 1. The fourth-order valence-corrected chi connectivity index (χ4v) is 3.92. The molecule has 0 amide bonds. The predicted octanol–water partition coefficient (Wildman–Crippen LogP) is 3.43. The van der Waals surface area contributed by atoms with Crippen LogP contribution in [0.3, 0.4) is 0 Å². The minimum Gasteiger partial charge on any atom is -0.475 e. The van der Waals surface area contributed by atoms with Crippen molar-refractivity contribution in [3.63, 3.8) is 0 Å². The van der Waals surface area contributed by atoms with Crippen LogP contribution in [0.2, 0.25) is 0 Å². The van der Waals surface area contributed by atoms with Crippen molar-refractivity contribution in [2.75, 3.05) is 19.6 Å². The molecule has 30 heavy (non-hydrogen) atoms. The minimum absolute atomic E-state index is 0.255. The highest BCUT2D eigenvalue weighted by Gasteiger charge is 2.38. The Hall–Kier alpha value is -2.11. The van der Waals surface area contributed by atoms with Crippen LogP contribution < -0.4 is 5.73 Å². The lowest BCUT2D eigenvalue weighted by Crippen LogP contribution is -2.41. The maximum Gasteiger partial charge on any atom is 0.490 e. The van der Waals surface area contributed by atoms with Crippen molar-refractivity contribution in [1.82, 2.24) is 19.9 Å². The summed E-state index contributed by atoms with van der Waals surface area (Å²) >= 11 is 1.62. The first kappa shape index (κ1) is 24.2. The number of alkyl halides is 3. The Bertz CT molecular complexity index is 806. The van der Waals surface area contributed by atoms with Crippen LogP contribution in [0.1, 0.15) is 32.4 Å². The van der Waals surface area contributed by atoms with Gasteiger partial charge in [-0.25, -0.2) is 19.7 Å². The molecule has 2 aromatic rings. The Kier molecular flexibility index (Phi) is 8.27. The second-order valence-electron chi connectivity index (χ2n) is 7.76. The van der Waals surface area contributed by atoms with Gasteiger partial charge in [0.15, 0.2) is 10.8 Å². The van der Waals surface area contributed by atoms with E-state index >= 15 is 0 Å². The molecule has 166 valence electrons. The molecule has 0 atom stereocenters. The van der Waals surface area contributed by atoms with Crippen molar-refractivity contribution in [2.45, 2.75) is 39.4 Å². The van der Waals surface area contributed by atoms with E-state index in [2.05, 4.69) is 34.1 Å². The number of carboxylic acids is 1. The lowest BCUT2D eigenvalue weighted by atomic mass is 9.74. The average molecular weight is 446 g/mol. The number of likely N-dealkylation sites (tertiary alicyclic amines) is 1. The zero-order valence-corrected chi connectivity index (χ0v) is 17.7. The molecule has 1 aliphatic heterocycles. The van der Waals surface area contributed by atoms with Gasteiger partial charge in [0.1, 0.15) is 0 Å². The highest BCUT2D eigenvalue weighted by atomic mass is 32.1. The maximum absolute atomic E-state index is 10.6. The largest absolute Gasteiger partial charge is 0.490 e. The standard InChI is InChI=1S/C17H25N5S.C2HF3O2/c1-17(2,12-18)13-4-8-22(9-5-13)10-14-11-23-16(21-14)15-19-6-3-7-20-15;3-2(4,5)1(6)7/h3,6-7,11,13H,4-5,8-10,12,18H2,1-2H3;(H,6,7). The predicted molar refractivity (Wildman–Crippen MR) is 108 cm³/mol. The molecular formula is C19H26F3N5O2S. The Morgan fingerprint density at radius 3 is 2.33 bits per heavy atom. The molecule has 3 N–H and O–H groups in total. The first-order chi connectivity index (χ1) is 14.0. The molecule has 1 fully saturated rings. The van der Waals surface area contributed by atoms with Crippen molar-refractivity contribution in [3.8, 4) is 10.8 Å². The van der Waals surface area contributed by atoms with E-state index < -0.39 is 12.1 Å². The van der Waals surface area contributed by atoms with Crippen molar-refractivity contribution in [3.05, 3.63) is 29.5 Å². The molecule has 7 nitrogen and oxygen atoms in total. The summed E-state index contributed by atoms with van der Waals surface area (Å²) in [5.74, 6) is -1.31. The van der Waals surface area contributed by atoms with Gasteiger partial charge in [-0.3, -0.25) is 4.90 Å². The number of hydrogen-bond acceptors (Lipinski definition) is 7. The van der Waals surface area contributed by atoms with Crippen LogP contribution in [0.15, 0.2) is 23.8 Å². The fraction of sp³-hybridized carbons (Fsp3) is 0.579. The molecule has 3 heterocycles. The molecule has 0 saturated carbocycles. The number of carbonyl (C=O) groups is 1. The number of aromatic nitrogens is 3. The highest BCUT2D eigenvalue weighted by molar-refractivity contribution is 7.13. The molecular weight excluding hydrogens is 419 g/mol. The molecule has 0 aliphatic carbocycles. The third-order valence-electron chi connectivity index (χ3n) is 5.16. The van der Waals surface area contributed by atoms with E-state index in [-0.39, 0.29) is 5.41 Å². The van der Waals surface area contributed by atoms with Crippen molar-refractivity contribution in [2.24, 2.45) is 17.1 Å². The van der Waals surface area contributed by atoms with Crippen molar-refractivity contribution in [1.29, 1.82) is 0 Å². The SMILES string of the molecule is CC(C)(CN)C1CCN(Cc2csc(-c3ncccn3)n2)CC1.O=C(O)C(F)(F)F. The Balaban J connectivity index is 0.000000396. The van der Waals surface area contributed by atoms with Gasteiger partial charge in [-0.1, -0.05) is 13.8 Å². The molecule has 0 bridgehead atoms. The summed E-state index contributed by atoms with van der Waals surface area (Å²) in [7, 11) is 0. The van der Waals surface area contributed by atoms with Crippen LogP contribution in [0.25, 0.3) is 10.8 Å². The van der Waals surface area contributed by atoms with E-state index in [1.54, 1.807) is 23.7 Å². The van der Waals surface area contributed by atoms with Gasteiger partial charge in [-0.15, -0.1) is 11.3 Å². The molecule has 0 spiro atoms. The number of piperidine rings is 1. The third-order valence-corrected chi connectivity index (χ3v) is 6.04. The number of aliphatic carboxylic acids is 1. The Morgan fingerprint density at radius 2 is 1.83 bits per heavy atom. The second kappa shape index (κ2) is 10.3. The van der Waals surface area contributed by atoms with Crippen LogP contribution in [-0.2, 0) is 11.3 Å². The summed E-state index contributed by atoms with van der Waals surface area (Å²) in [6, 6.07) is 1.82. The molecule has 0 radical (unpaired) electrons. The number of nitrogens with zero attached hydrogens (tertiary/aromatic N) is 4. The van der Waals surface area contributed by atoms with Gasteiger partial charge in [0.25, 0.3) is 0 Å². The normalized spacial score (nSPS) is 16.1. The monoisotopic (exact) mass is 445 g/mol. The lowest BCUT2D eigenvalue weighted by molar-refractivity contribution is -0.192. The van der Waals surface area contributed by atoms with E-state index in [1.165, 1.54) is 12.8 Å². The van der Waals surface area contributed by atoms with Crippen LogP contribution in [-0.4, -0.2) is 56.7 Å². The highest BCUT2D eigenvalue weighted by Crippen LogP contribution is 2.34. The van der Waals surface area contributed by atoms with Gasteiger partial charge in [0.2, 0.25) is 0 Å². The van der Waals surface area contributed by atoms with Crippen LogP contribution in [0.5, 0.6) is 0 Å². The fourth-order valence-electron chi connectivity index (χ4n) is 3.16. The van der Waals surface area contributed by atoms with E-state index in [0.717, 1.165) is 42.8 Å². The first-order valence-corrected chi connectivity index (χ1v) is 10.3. The molecule has 0 unspecified atom stereocenters. The molecule has 2 aromatic heterocycles. The first-order valence-electron chi connectivity index (χ1n) is 9.47. The quantitative estimate of drug-likeness (QED) is 0.726. The Morgan fingerprint density at radius 1 is 1.27 bits per heavy atom. The summed E-state index contributed by atoms with van der Waals surface area (Å²) < 4.78 is 31.7. The van der Waals surface area contributed by atoms with Crippen LogP contribution >= 0.6 is 11.3 Å². The number of halogens is 3. The maximum atomic E-state index is 10.6. The van der Waals surface area contributed by atoms with Gasteiger partial charge in [0, 0.05) is 24.3 Å². The smallest absolute Gasteiger partial charge is 0.475 e. The summed E-state index contributed by atoms with van der Waals surface area (Å²) in [6.07, 6.45) is 0.882. The van der Waals surface area contributed by atoms with Crippen molar-refractivity contribution < 1.29 is 23.1 Å². The molecule has 11 heteroatoms. The van der Waals surface area contributed by atoms with Gasteiger partial charge in [0.05, 0.1) is 5.69 Å². The molecule has 0 aromatic carbocycles. The number of nitrogens with two attached hydrogens (primary N) is 1. The van der Waals surface area contributed by atoms with Crippen molar-refractivity contribution >= 4 is 17.3 Å². The molecule has 1 aliphatic rings. The lowest BCUT2D eigenvalue weighted by Gasteiger charge is -2.40. The van der Waals surface area contributed by atoms with Crippen LogP contribution in [0, 0.1) is 11.3 Å². The number of thiazole rings is 1. The second-order valence-corrected chi connectivity index (χ2v) is 8.62. The van der Waals surface area contributed by atoms with E-state index in [9.17, 15) is 13.2 Å². The average Bonchev–Trinajstić information content (AvgIpc) is 3.17. The summed E-state index contributed by atoms with van der Waals surface area (Å²) in [4.78, 5) is 24.6.